The minimum absolute atomic E-state index is 0.228. The number of hydrogen-bond donors (Lipinski definition) is 1. The molecule has 0 radical (unpaired) electrons. The van der Waals surface area contributed by atoms with Gasteiger partial charge in [-0.2, -0.15) is 5.10 Å². The Hall–Kier alpha value is -1.36. The van der Waals surface area contributed by atoms with Gasteiger partial charge in [-0.05, 0) is 45.7 Å². The van der Waals surface area contributed by atoms with Crippen LogP contribution in [0.15, 0.2) is 12.3 Å². The number of carboxylic acids is 1. The van der Waals surface area contributed by atoms with Gasteiger partial charge in [0.15, 0.2) is 0 Å². The van der Waals surface area contributed by atoms with Gasteiger partial charge in [-0.15, -0.1) is 0 Å². The van der Waals surface area contributed by atoms with Crippen LogP contribution in [-0.4, -0.2) is 38.3 Å². The molecule has 0 aliphatic rings. The van der Waals surface area contributed by atoms with Crippen LogP contribution in [0.5, 0.6) is 0 Å². The number of aliphatic carboxylic acids is 1. The lowest BCUT2D eigenvalue weighted by Crippen LogP contribution is -2.31. The number of hydrogen-bond acceptors (Lipinski definition) is 3. The Morgan fingerprint density at radius 3 is 2.57 bits per heavy atom. The summed E-state index contributed by atoms with van der Waals surface area (Å²) in [4.78, 5) is 12.9. The van der Waals surface area contributed by atoms with Crippen molar-refractivity contribution in [2.24, 2.45) is 0 Å². The van der Waals surface area contributed by atoms with Crippen LogP contribution in [0.3, 0.4) is 0 Å². The first-order valence-electron chi connectivity index (χ1n) is 7.97. The summed E-state index contributed by atoms with van der Waals surface area (Å²) >= 11 is 0. The van der Waals surface area contributed by atoms with Crippen LogP contribution < -0.4 is 0 Å². The van der Waals surface area contributed by atoms with Crippen LogP contribution in [0.1, 0.15) is 65.1 Å². The maximum Gasteiger partial charge on any atom is 0.303 e. The lowest BCUT2D eigenvalue weighted by molar-refractivity contribution is -0.137. The van der Waals surface area contributed by atoms with E-state index in [2.05, 4.69) is 54.6 Å². The zero-order valence-electron chi connectivity index (χ0n) is 13.7. The summed E-state index contributed by atoms with van der Waals surface area (Å²) in [6.45, 7) is 10.2. The molecular formula is C16H29N3O2. The zero-order valence-corrected chi connectivity index (χ0v) is 13.7. The third-order valence-corrected chi connectivity index (χ3v) is 3.91. The second kappa shape index (κ2) is 8.82. The fourth-order valence-corrected chi connectivity index (χ4v) is 2.49. The second-order valence-corrected chi connectivity index (χ2v) is 5.82. The van der Waals surface area contributed by atoms with Gasteiger partial charge in [0.05, 0.1) is 11.7 Å². The average Bonchev–Trinajstić information content (AvgIpc) is 2.87. The highest BCUT2D eigenvalue weighted by atomic mass is 16.4. The molecule has 120 valence electrons. The maximum atomic E-state index is 10.6. The number of carboxylic acid groups (broad SMARTS) is 1. The smallest absolute Gasteiger partial charge is 0.303 e. The molecule has 0 aromatic carbocycles. The Morgan fingerprint density at radius 2 is 2.05 bits per heavy atom. The Bertz CT molecular complexity index is 425. The van der Waals surface area contributed by atoms with Gasteiger partial charge in [0.1, 0.15) is 0 Å². The summed E-state index contributed by atoms with van der Waals surface area (Å²) in [7, 11) is 0. The van der Waals surface area contributed by atoms with Crippen molar-refractivity contribution in [3.8, 4) is 0 Å². The van der Waals surface area contributed by atoms with E-state index in [1.54, 1.807) is 0 Å². The van der Waals surface area contributed by atoms with Crippen LogP contribution >= 0.6 is 0 Å². The van der Waals surface area contributed by atoms with Crippen LogP contribution in [0, 0.1) is 0 Å². The molecule has 0 saturated heterocycles. The lowest BCUT2D eigenvalue weighted by atomic mass is 10.2. The van der Waals surface area contributed by atoms with Crippen molar-refractivity contribution < 1.29 is 9.90 Å². The van der Waals surface area contributed by atoms with E-state index < -0.39 is 5.97 Å². The summed E-state index contributed by atoms with van der Waals surface area (Å²) in [6.07, 6.45) is 5.14. The summed E-state index contributed by atoms with van der Waals surface area (Å²) in [5.41, 5.74) is 1.06. The van der Waals surface area contributed by atoms with Gasteiger partial charge in [0.25, 0.3) is 0 Å². The van der Waals surface area contributed by atoms with E-state index in [-0.39, 0.29) is 6.42 Å². The first-order chi connectivity index (χ1) is 9.97. The largest absolute Gasteiger partial charge is 0.481 e. The summed E-state index contributed by atoms with van der Waals surface area (Å²) < 4.78 is 2.06. The Kier molecular flexibility index (Phi) is 7.43. The summed E-state index contributed by atoms with van der Waals surface area (Å²) in [5, 5.41) is 13.4. The number of aromatic nitrogens is 2. The zero-order chi connectivity index (χ0) is 15.8. The third kappa shape index (κ3) is 5.87. The lowest BCUT2D eigenvalue weighted by Gasteiger charge is -2.25. The van der Waals surface area contributed by atoms with Crippen LogP contribution in [0.25, 0.3) is 0 Å². The molecule has 1 aromatic heterocycles. The molecule has 1 aromatic rings. The molecule has 0 bridgehead atoms. The van der Waals surface area contributed by atoms with Crippen molar-refractivity contribution >= 4 is 5.97 Å². The van der Waals surface area contributed by atoms with Crippen LogP contribution in [-0.2, 0) is 11.3 Å². The van der Waals surface area contributed by atoms with Gasteiger partial charge in [0.2, 0.25) is 0 Å². The molecular weight excluding hydrogens is 266 g/mol. The molecule has 1 heterocycles. The van der Waals surface area contributed by atoms with Gasteiger partial charge in [-0.25, -0.2) is 0 Å². The van der Waals surface area contributed by atoms with E-state index in [1.165, 1.54) is 0 Å². The van der Waals surface area contributed by atoms with Crippen molar-refractivity contribution in [1.29, 1.82) is 0 Å². The molecule has 0 amide bonds. The first-order valence-corrected chi connectivity index (χ1v) is 7.97. The molecule has 5 heteroatoms. The monoisotopic (exact) mass is 295 g/mol. The number of nitrogens with zero attached hydrogens (tertiary/aromatic N) is 3. The molecule has 0 atom stereocenters. The number of carbonyl (C=O) groups is 1. The van der Waals surface area contributed by atoms with Crippen molar-refractivity contribution in [2.75, 3.05) is 6.54 Å². The van der Waals surface area contributed by atoms with E-state index in [0.717, 1.165) is 31.6 Å². The normalized spacial score (nSPS) is 11.8. The minimum atomic E-state index is -0.725. The molecule has 0 saturated carbocycles. The highest BCUT2D eigenvalue weighted by molar-refractivity contribution is 5.66. The van der Waals surface area contributed by atoms with E-state index in [9.17, 15) is 4.79 Å². The second-order valence-electron chi connectivity index (χ2n) is 5.82. The molecule has 0 unspecified atom stereocenters. The molecule has 0 aliphatic heterocycles. The van der Waals surface area contributed by atoms with Crippen LogP contribution in [0.4, 0.5) is 0 Å². The molecule has 1 N–H and O–H groups in total. The predicted molar refractivity (Wildman–Crippen MR) is 84.3 cm³/mol. The Morgan fingerprint density at radius 1 is 1.38 bits per heavy atom. The Balaban J connectivity index is 2.60. The highest BCUT2D eigenvalue weighted by Crippen LogP contribution is 2.16. The quantitative estimate of drug-likeness (QED) is 0.719. The molecule has 0 aliphatic carbocycles. The molecule has 1 rings (SSSR count). The SMILES string of the molecule is CCC(CC)n1ccc(CN(CCCC(=O)O)C(C)C)n1. The molecule has 0 spiro atoms. The maximum absolute atomic E-state index is 10.6. The fraction of sp³-hybridized carbons (Fsp3) is 0.750. The summed E-state index contributed by atoms with van der Waals surface area (Å²) in [6, 6.07) is 2.93. The van der Waals surface area contributed by atoms with E-state index >= 15 is 0 Å². The van der Waals surface area contributed by atoms with Gasteiger partial charge in [0, 0.05) is 25.2 Å². The Labute approximate surface area is 127 Å². The number of rotatable bonds is 10. The first kappa shape index (κ1) is 17.7. The topological polar surface area (TPSA) is 58.4 Å². The summed E-state index contributed by atoms with van der Waals surface area (Å²) in [5.74, 6) is -0.725. The van der Waals surface area contributed by atoms with Crippen molar-refractivity contribution in [1.82, 2.24) is 14.7 Å². The van der Waals surface area contributed by atoms with E-state index in [4.69, 9.17) is 5.11 Å². The highest BCUT2D eigenvalue weighted by Gasteiger charge is 2.14. The minimum Gasteiger partial charge on any atom is -0.481 e. The van der Waals surface area contributed by atoms with E-state index in [0.29, 0.717) is 18.5 Å². The molecule has 21 heavy (non-hydrogen) atoms. The van der Waals surface area contributed by atoms with Gasteiger partial charge in [-0.3, -0.25) is 14.4 Å². The average molecular weight is 295 g/mol. The van der Waals surface area contributed by atoms with Gasteiger partial charge >= 0.3 is 5.97 Å². The molecule has 5 nitrogen and oxygen atoms in total. The molecule has 0 fully saturated rings. The standard InChI is InChI=1S/C16H29N3O2/c1-5-15(6-2)19-11-9-14(17-19)12-18(13(3)4)10-7-8-16(20)21/h9,11,13,15H,5-8,10,12H2,1-4H3,(H,20,21). The van der Waals surface area contributed by atoms with E-state index in [1.807, 2.05) is 0 Å². The van der Waals surface area contributed by atoms with Crippen molar-refractivity contribution in [3.63, 3.8) is 0 Å². The van der Waals surface area contributed by atoms with Crippen molar-refractivity contribution in [3.05, 3.63) is 18.0 Å². The van der Waals surface area contributed by atoms with Gasteiger partial charge in [-0.1, -0.05) is 13.8 Å². The van der Waals surface area contributed by atoms with Crippen LogP contribution in [0.2, 0.25) is 0 Å². The van der Waals surface area contributed by atoms with Crippen molar-refractivity contribution in [2.45, 2.75) is 72.0 Å². The third-order valence-electron chi connectivity index (χ3n) is 3.91. The predicted octanol–water partition coefficient (Wildman–Crippen LogP) is 3.32. The van der Waals surface area contributed by atoms with Gasteiger partial charge < -0.3 is 5.11 Å². The fourth-order valence-electron chi connectivity index (χ4n) is 2.49.